The molecule has 2 amide bonds. The molecule has 1 N–H and O–H groups in total. The zero-order valence-corrected chi connectivity index (χ0v) is 17.4. The van der Waals surface area contributed by atoms with E-state index in [1.165, 1.54) is 30.6 Å². The van der Waals surface area contributed by atoms with Crippen molar-refractivity contribution in [1.82, 2.24) is 10.3 Å². The maximum absolute atomic E-state index is 12.0. The molecule has 0 bridgehead atoms. The van der Waals surface area contributed by atoms with Gasteiger partial charge in [-0.15, -0.1) is 5.10 Å². The van der Waals surface area contributed by atoms with E-state index in [0.29, 0.717) is 24.1 Å². The molecule has 0 spiro atoms. The van der Waals surface area contributed by atoms with Crippen LogP contribution in [0.1, 0.15) is 30.3 Å². The van der Waals surface area contributed by atoms with Gasteiger partial charge in [0, 0.05) is 13.8 Å². The number of rotatable bonds is 6. The van der Waals surface area contributed by atoms with E-state index in [9.17, 15) is 9.59 Å². The molecule has 0 unspecified atom stereocenters. The summed E-state index contributed by atoms with van der Waals surface area (Å²) in [6.45, 7) is 5.67. The number of hydrogen-bond acceptors (Lipinski definition) is 6. The number of carbonyl (C=O) groups excluding carboxylic acids is 2. The Morgan fingerprint density at radius 1 is 1.07 bits per heavy atom. The first-order valence-electron chi connectivity index (χ1n) is 9.17. The quantitative estimate of drug-likeness (QED) is 0.734. The van der Waals surface area contributed by atoms with Crippen LogP contribution in [0.5, 0.6) is 11.5 Å². The van der Waals surface area contributed by atoms with E-state index in [-0.39, 0.29) is 17.2 Å². The number of benzene rings is 2. The highest BCUT2D eigenvalue weighted by atomic mass is 32.2. The Kier molecular flexibility index (Phi) is 6.77. The predicted octanol–water partition coefficient (Wildman–Crippen LogP) is 3.45. The Morgan fingerprint density at radius 3 is 2.34 bits per heavy atom. The van der Waals surface area contributed by atoms with Crippen LogP contribution >= 0.6 is 11.8 Å². The van der Waals surface area contributed by atoms with Gasteiger partial charge in [0.1, 0.15) is 30.1 Å². The van der Waals surface area contributed by atoms with Crippen molar-refractivity contribution in [3.63, 3.8) is 0 Å². The first-order chi connectivity index (χ1) is 13.9. The average molecular weight is 413 g/mol. The summed E-state index contributed by atoms with van der Waals surface area (Å²) in [5.41, 5.74) is 1.99. The lowest BCUT2D eigenvalue weighted by Gasteiger charge is -2.19. The van der Waals surface area contributed by atoms with Gasteiger partial charge in [0.05, 0.1) is 0 Å². The van der Waals surface area contributed by atoms with E-state index in [1.54, 1.807) is 0 Å². The van der Waals surface area contributed by atoms with Crippen molar-refractivity contribution in [2.24, 2.45) is 5.10 Å². The molecule has 152 valence electrons. The molecule has 0 aliphatic carbocycles. The number of nitrogens with zero attached hydrogens (tertiary/aromatic N) is 2. The molecule has 1 atom stereocenters. The summed E-state index contributed by atoms with van der Waals surface area (Å²) in [5.74, 6) is 1.05. The molecule has 2 aromatic rings. The van der Waals surface area contributed by atoms with Crippen molar-refractivity contribution in [1.29, 1.82) is 0 Å². The highest BCUT2D eigenvalue weighted by Gasteiger charge is 2.32. The lowest BCUT2D eigenvalue weighted by Crippen LogP contribution is -2.25. The zero-order valence-electron chi connectivity index (χ0n) is 16.5. The smallest absolute Gasteiger partial charge is 0.241 e. The van der Waals surface area contributed by atoms with E-state index >= 15 is 0 Å². The molecule has 7 nitrogen and oxygen atoms in total. The summed E-state index contributed by atoms with van der Waals surface area (Å²) in [5, 5.41) is 8.23. The maximum Gasteiger partial charge on any atom is 0.241 e. The molecule has 29 heavy (non-hydrogen) atoms. The van der Waals surface area contributed by atoms with Gasteiger partial charge in [-0.05, 0) is 42.3 Å². The molecule has 0 fully saturated rings. The third-order valence-corrected chi connectivity index (χ3v) is 5.11. The van der Waals surface area contributed by atoms with Gasteiger partial charge in [-0.1, -0.05) is 36.0 Å². The molecule has 1 aliphatic rings. The minimum absolute atomic E-state index is 0.208. The third-order valence-electron chi connectivity index (χ3n) is 4.00. The van der Waals surface area contributed by atoms with Crippen LogP contribution in [-0.2, 0) is 9.59 Å². The lowest BCUT2D eigenvalue weighted by molar-refractivity contribution is -0.129. The molecule has 1 aliphatic heterocycles. The van der Waals surface area contributed by atoms with Gasteiger partial charge in [-0.3, -0.25) is 9.59 Å². The molecule has 1 heterocycles. The van der Waals surface area contributed by atoms with Crippen molar-refractivity contribution in [3.8, 4) is 11.5 Å². The summed E-state index contributed by atoms with van der Waals surface area (Å²) < 4.78 is 11.5. The predicted molar refractivity (Wildman–Crippen MR) is 113 cm³/mol. The molecule has 0 aromatic heterocycles. The first-order valence-corrected chi connectivity index (χ1v) is 10.1. The highest BCUT2D eigenvalue weighted by Crippen LogP contribution is 2.39. The van der Waals surface area contributed by atoms with Gasteiger partial charge in [0.2, 0.25) is 11.8 Å². The molecular formula is C21H23N3O4S. The average Bonchev–Trinajstić information content (AvgIpc) is 3.09. The summed E-state index contributed by atoms with van der Waals surface area (Å²) in [6, 6.07) is 15.3. The van der Waals surface area contributed by atoms with Crippen LogP contribution < -0.4 is 14.8 Å². The van der Waals surface area contributed by atoms with Crippen LogP contribution in [0.3, 0.4) is 0 Å². The third kappa shape index (κ3) is 5.74. The molecule has 0 saturated heterocycles. The number of hydrogen-bond donors (Lipinski definition) is 1. The standard InChI is InChI=1S/C21H23N3O4S/c1-14-6-4-8-18(12-14)27-10-11-28-19-9-5-7-17(13-19)20-24(16(3)26)23-21(29-20)22-15(2)25/h4-9,12-13,20H,10-11H2,1-3H3,(H,22,23,25)/t20-/m0/s1. The largest absolute Gasteiger partial charge is 0.490 e. The van der Waals surface area contributed by atoms with Gasteiger partial charge in [0.25, 0.3) is 0 Å². The van der Waals surface area contributed by atoms with Crippen LogP contribution in [0.4, 0.5) is 0 Å². The molecule has 8 heteroatoms. The maximum atomic E-state index is 12.0. The normalized spacial score (nSPS) is 15.6. The first kappa shape index (κ1) is 20.7. The Morgan fingerprint density at radius 2 is 1.72 bits per heavy atom. The van der Waals surface area contributed by atoms with Gasteiger partial charge < -0.3 is 14.8 Å². The van der Waals surface area contributed by atoms with Gasteiger partial charge in [-0.25, -0.2) is 5.01 Å². The SMILES string of the molecule is CC(=O)NC1=NN(C(C)=O)[C@H](c2cccc(OCCOc3cccc(C)c3)c2)S1. The number of nitrogens with one attached hydrogen (secondary N) is 1. The topological polar surface area (TPSA) is 80.2 Å². The van der Waals surface area contributed by atoms with Crippen LogP contribution in [0.15, 0.2) is 53.6 Å². The Balaban J connectivity index is 1.60. The Labute approximate surface area is 174 Å². The van der Waals surface area contributed by atoms with Crippen molar-refractivity contribution in [2.75, 3.05) is 13.2 Å². The fraction of sp³-hybridized carbons (Fsp3) is 0.286. The van der Waals surface area contributed by atoms with Gasteiger partial charge in [-0.2, -0.15) is 0 Å². The fourth-order valence-corrected chi connectivity index (χ4v) is 3.89. The van der Waals surface area contributed by atoms with E-state index in [0.717, 1.165) is 16.9 Å². The molecule has 3 rings (SSSR count). The lowest BCUT2D eigenvalue weighted by atomic mass is 10.2. The summed E-state index contributed by atoms with van der Waals surface area (Å²) in [6.07, 6.45) is 0. The summed E-state index contributed by atoms with van der Waals surface area (Å²) >= 11 is 1.31. The van der Waals surface area contributed by atoms with Crippen LogP contribution in [0.25, 0.3) is 0 Å². The summed E-state index contributed by atoms with van der Waals surface area (Å²) in [4.78, 5) is 23.3. The monoisotopic (exact) mass is 413 g/mol. The van der Waals surface area contributed by atoms with E-state index in [2.05, 4.69) is 10.4 Å². The van der Waals surface area contributed by atoms with Crippen LogP contribution in [-0.4, -0.2) is 35.2 Å². The zero-order chi connectivity index (χ0) is 20.8. The fourth-order valence-electron chi connectivity index (χ4n) is 2.76. The Bertz CT molecular complexity index is 932. The molecule has 0 saturated carbocycles. The van der Waals surface area contributed by atoms with Crippen LogP contribution in [0.2, 0.25) is 0 Å². The molecular weight excluding hydrogens is 390 g/mol. The van der Waals surface area contributed by atoms with E-state index in [4.69, 9.17) is 9.47 Å². The van der Waals surface area contributed by atoms with Crippen molar-refractivity contribution < 1.29 is 19.1 Å². The van der Waals surface area contributed by atoms with Crippen LogP contribution in [0, 0.1) is 6.92 Å². The number of ether oxygens (including phenoxy) is 2. The minimum atomic E-state index is -0.360. The highest BCUT2D eigenvalue weighted by molar-refractivity contribution is 8.14. The summed E-state index contributed by atoms with van der Waals surface area (Å²) in [7, 11) is 0. The van der Waals surface area contributed by atoms with Crippen molar-refractivity contribution >= 4 is 28.7 Å². The van der Waals surface area contributed by atoms with Crippen molar-refractivity contribution in [3.05, 3.63) is 59.7 Å². The second-order valence-electron chi connectivity index (χ2n) is 6.51. The Hall–Kier alpha value is -3.00. The van der Waals surface area contributed by atoms with Gasteiger partial charge in [0.15, 0.2) is 5.17 Å². The van der Waals surface area contributed by atoms with Crippen molar-refractivity contribution in [2.45, 2.75) is 26.1 Å². The minimum Gasteiger partial charge on any atom is -0.490 e. The van der Waals surface area contributed by atoms with E-state index < -0.39 is 0 Å². The second-order valence-corrected chi connectivity index (χ2v) is 7.57. The molecule has 2 aromatic carbocycles. The number of thioether (sulfide) groups is 1. The van der Waals surface area contributed by atoms with E-state index in [1.807, 2.05) is 55.5 Å². The number of aryl methyl sites for hydroxylation is 1. The number of carbonyl (C=O) groups is 2. The van der Waals surface area contributed by atoms with Gasteiger partial charge >= 0.3 is 0 Å². The second kappa shape index (κ2) is 9.47. The number of hydrazone groups is 1. The molecule has 0 radical (unpaired) electrons. The number of amidine groups is 1. The number of amides is 2.